The summed E-state index contributed by atoms with van der Waals surface area (Å²) in [6, 6.07) is 14.9. The standard InChI is InChI=1S/C21H23N3O4/c1-3-27-17-9-7-15(8-10-17)13-19(25)22-12-11-20-23-24-21(28-20)16-5-4-6-18(14-16)26-2/h4-10,14H,3,11-13H2,1-2H3,(H,22,25). The lowest BCUT2D eigenvalue weighted by atomic mass is 10.1. The van der Waals surface area contributed by atoms with E-state index >= 15 is 0 Å². The van der Waals surface area contributed by atoms with Crippen molar-refractivity contribution in [2.24, 2.45) is 0 Å². The first-order chi connectivity index (χ1) is 13.7. The predicted molar refractivity (Wildman–Crippen MR) is 104 cm³/mol. The Kier molecular flexibility index (Phi) is 6.62. The number of carbonyl (C=O) groups is 1. The molecule has 3 rings (SSSR count). The van der Waals surface area contributed by atoms with Crippen LogP contribution in [0.2, 0.25) is 0 Å². The van der Waals surface area contributed by atoms with Gasteiger partial charge in [-0.05, 0) is 42.8 Å². The number of rotatable bonds is 9. The molecule has 146 valence electrons. The van der Waals surface area contributed by atoms with Crippen LogP contribution in [0.5, 0.6) is 11.5 Å². The number of benzene rings is 2. The van der Waals surface area contributed by atoms with Gasteiger partial charge in [-0.2, -0.15) is 0 Å². The van der Waals surface area contributed by atoms with Gasteiger partial charge < -0.3 is 19.2 Å². The SMILES string of the molecule is CCOc1ccc(CC(=O)NCCc2nnc(-c3cccc(OC)c3)o2)cc1. The molecule has 0 aliphatic carbocycles. The highest BCUT2D eigenvalue weighted by Crippen LogP contribution is 2.22. The fourth-order valence-electron chi connectivity index (χ4n) is 2.65. The Morgan fingerprint density at radius 3 is 2.68 bits per heavy atom. The second kappa shape index (κ2) is 9.55. The molecule has 0 spiro atoms. The van der Waals surface area contributed by atoms with Gasteiger partial charge in [-0.15, -0.1) is 10.2 Å². The number of methoxy groups -OCH3 is 1. The zero-order chi connectivity index (χ0) is 19.8. The van der Waals surface area contributed by atoms with E-state index in [4.69, 9.17) is 13.9 Å². The van der Waals surface area contributed by atoms with E-state index in [0.29, 0.717) is 37.8 Å². The molecule has 2 aromatic carbocycles. The Labute approximate surface area is 163 Å². The Balaban J connectivity index is 1.47. The lowest BCUT2D eigenvalue weighted by Crippen LogP contribution is -2.27. The quantitative estimate of drug-likeness (QED) is 0.613. The second-order valence-corrected chi connectivity index (χ2v) is 6.09. The van der Waals surface area contributed by atoms with Crippen LogP contribution < -0.4 is 14.8 Å². The number of amides is 1. The molecule has 1 aromatic heterocycles. The van der Waals surface area contributed by atoms with Gasteiger partial charge in [-0.1, -0.05) is 18.2 Å². The van der Waals surface area contributed by atoms with E-state index in [-0.39, 0.29) is 5.91 Å². The molecule has 0 saturated heterocycles. The van der Waals surface area contributed by atoms with Gasteiger partial charge in [0.15, 0.2) is 0 Å². The lowest BCUT2D eigenvalue weighted by Gasteiger charge is -2.06. The maximum Gasteiger partial charge on any atom is 0.247 e. The first-order valence-corrected chi connectivity index (χ1v) is 9.13. The second-order valence-electron chi connectivity index (χ2n) is 6.09. The van der Waals surface area contributed by atoms with Gasteiger partial charge in [-0.3, -0.25) is 4.79 Å². The Morgan fingerprint density at radius 2 is 1.93 bits per heavy atom. The largest absolute Gasteiger partial charge is 0.497 e. The van der Waals surface area contributed by atoms with Crippen molar-refractivity contribution in [1.29, 1.82) is 0 Å². The molecule has 0 atom stereocenters. The van der Waals surface area contributed by atoms with Crippen molar-refractivity contribution in [3.05, 3.63) is 60.0 Å². The van der Waals surface area contributed by atoms with Gasteiger partial charge >= 0.3 is 0 Å². The van der Waals surface area contributed by atoms with Gasteiger partial charge in [0.1, 0.15) is 11.5 Å². The Hall–Kier alpha value is -3.35. The van der Waals surface area contributed by atoms with Crippen LogP contribution in [-0.2, 0) is 17.6 Å². The van der Waals surface area contributed by atoms with Gasteiger partial charge in [0.2, 0.25) is 17.7 Å². The number of ether oxygens (including phenoxy) is 2. The molecule has 1 N–H and O–H groups in total. The highest BCUT2D eigenvalue weighted by Gasteiger charge is 2.10. The minimum absolute atomic E-state index is 0.0586. The fourth-order valence-corrected chi connectivity index (χ4v) is 2.65. The summed E-state index contributed by atoms with van der Waals surface area (Å²) in [6.07, 6.45) is 0.775. The first-order valence-electron chi connectivity index (χ1n) is 9.13. The van der Waals surface area contributed by atoms with Crippen molar-refractivity contribution in [2.45, 2.75) is 19.8 Å². The molecule has 0 unspecified atom stereocenters. The van der Waals surface area contributed by atoms with Crippen molar-refractivity contribution in [3.8, 4) is 23.0 Å². The van der Waals surface area contributed by atoms with E-state index in [1.54, 1.807) is 7.11 Å². The number of hydrogen-bond donors (Lipinski definition) is 1. The van der Waals surface area contributed by atoms with Crippen LogP contribution in [0, 0.1) is 0 Å². The Bertz CT molecular complexity index is 906. The van der Waals surface area contributed by atoms with E-state index in [1.807, 2.05) is 55.5 Å². The fraction of sp³-hybridized carbons (Fsp3) is 0.286. The van der Waals surface area contributed by atoms with Crippen molar-refractivity contribution in [1.82, 2.24) is 15.5 Å². The molecular formula is C21H23N3O4. The smallest absolute Gasteiger partial charge is 0.247 e. The maximum absolute atomic E-state index is 12.1. The van der Waals surface area contributed by atoms with Crippen LogP contribution in [0.1, 0.15) is 18.4 Å². The third-order valence-corrected chi connectivity index (χ3v) is 4.04. The molecule has 0 aliphatic heterocycles. The number of aromatic nitrogens is 2. The van der Waals surface area contributed by atoms with Crippen LogP contribution in [0.3, 0.4) is 0 Å². The average Bonchev–Trinajstić information content (AvgIpc) is 3.19. The molecule has 0 bridgehead atoms. The molecule has 1 amide bonds. The summed E-state index contributed by atoms with van der Waals surface area (Å²) in [4.78, 5) is 12.1. The summed E-state index contributed by atoms with van der Waals surface area (Å²) in [5.41, 5.74) is 1.72. The van der Waals surface area contributed by atoms with E-state index in [1.165, 1.54) is 0 Å². The van der Waals surface area contributed by atoms with E-state index in [9.17, 15) is 4.79 Å². The third-order valence-electron chi connectivity index (χ3n) is 4.04. The van der Waals surface area contributed by atoms with Crippen LogP contribution >= 0.6 is 0 Å². The summed E-state index contributed by atoms with van der Waals surface area (Å²) in [7, 11) is 1.61. The third kappa shape index (κ3) is 5.33. The number of hydrogen-bond acceptors (Lipinski definition) is 6. The number of nitrogens with zero attached hydrogens (tertiary/aromatic N) is 2. The molecule has 1 heterocycles. The molecule has 0 radical (unpaired) electrons. The molecule has 28 heavy (non-hydrogen) atoms. The lowest BCUT2D eigenvalue weighted by molar-refractivity contribution is -0.120. The minimum Gasteiger partial charge on any atom is -0.497 e. The van der Waals surface area contributed by atoms with Gasteiger partial charge in [-0.25, -0.2) is 0 Å². The van der Waals surface area contributed by atoms with E-state index < -0.39 is 0 Å². The van der Waals surface area contributed by atoms with Gasteiger partial charge in [0.25, 0.3) is 0 Å². The summed E-state index contributed by atoms with van der Waals surface area (Å²) in [5.74, 6) is 2.36. The molecule has 7 heteroatoms. The van der Waals surface area contributed by atoms with Gasteiger partial charge in [0, 0.05) is 18.5 Å². The van der Waals surface area contributed by atoms with Crippen LogP contribution in [-0.4, -0.2) is 36.4 Å². The monoisotopic (exact) mass is 381 g/mol. The number of nitrogens with one attached hydrogen (secondary N) is 1. The summed E-state index contributed by atoms with van der Waals surface area (Å²) < 4.78 is 16.3. The zero-order valence-electron chi connectivity index (χ0n) is 16.0. The summed E-state index contributed by atoms with van der Waals surface area (Å²) in [5, 5.41) is 11.0. The normalized spacial score (nSPS) is 10.5. The van der Waals surface area contributed by atoms with Crippen molar-refractivity contribution in [2.75, 3.05) is 20.3 Å². The highest BCUT2D eigenvalue weighted by molar-refractivity contribution is 5.78. The van der Waals surface area contributed by atoms with Crippen LogP contribution in [0.15, 0.2) is 52.9 Å². The predicted octanol–water partition coefficient (Wildman–Crippen LogP) is 3.05. The molecule has 3 aromatic rings. The first kappa shape index (κ1) is 19.4. The minimum atomic E-state index is -0.0586. The maximum atomic E-state index is 12.1. The number of carbonyl (C=O) groups excluding carboxylic acids is 1. The van der Waals surface area contributed by atoms with Crippen LogP contribution in [0.25, 0.3) is 11.5 Å². The summed E-state index contributed by atoms with van der Waals surface area (Å²) >= 11 is 0. The molecule has 7 nitrogen and oxygen atoms in total. The van der Waals surface area contributed by atoms with Crippen molar-refractivity contribution >= 4 is 5.91 Å². The molecular weight excluding hydrogens is 358 g/mol. The topological polar surface area (TPSA) is 86.5 Å². The highest BCUT2D eigenvalue weighted by atomic mass is 16.5. The zero-order valence-corrected chi connectivity index (χ0v) is 16.0. The Morgan fingerprint density at radius 1 is 1.11 bits per heavy atom. The molecule has 0 aliphatic rings. The van der Waals surface area contributed by atoms with E-state index in [0.717, 1.165) is 22.6 Å². The molecule has 0 fully saturated rings. The average molecular weight is 381 g/mol. The van der Waals surface area contributed by atoms with E-state index in [2.05, 4.69) is 15.5 Å². The summed E-state index contributed by atoms with van der Waals surface area (Å²) in [6.45, 7) is 2.98. The molecule has 0 saturated carbocycles. The van der Waals surface area contributed by atoms with Crippen LogP contribution in [0.4, 0.5) is 0 Å². The van der Waals surface area contributed by atoms with Crippen molar-refractivity contribution < 1.29 is 18.7 Å². The van der Waals surface area contributed by atoms with Gasteiger partial charge in [0.05, 0.1) is 20.1 Å². The van der Waals surface area contributed by atoms with Crippen molar-refractivity contribution in [3.63, 3.8) is 0 Å².